The molecule has 0 spiro atoms. The highest BCUT2D eigenvalue weighted by Gasteiger charge is 2.42. The summed E-state index contributed by atoms with van der Waals surface area (Å²) < 4.78 is 0. The number of thiocarbonyl (C=S) groups is 2. The molecule has 1 heterocycles. The first-order valence-electron chi connectivity index (χ1n) is 5.54. The van der Waals surface area contributed by atoms with Crippen LogP contribution in [0.25, 0.3) is 0 Å². The summed E-state index contributed by atoms with van der Waals surface area (Å²) in [4.78, 5) is 15.0. The Kier molecular flexibility index (Phi) is 4.54. The molecule has 0 aliphatic heterocycles. The number of carboxylic acid groups (broad SMARTS) is 1. The summed E-state index contributed by atoms with van der Waals surface area (Å²) in [5.41, 5.74) is 11.2. The third kappa shape index (κ3) is 2.57. The summed E-state index contributed by atoms with van der Waals surface area (Å²) >= 11 is 10.2. The van der Waals surface area contributed by atoms with E-state index in [-0.39, 0.29) is 21.6 Å². The molecule has 7 heteroatoms. The lowest BCUT2D eigenvalue weighted by Gasteiger charge is -2.35. The second-order valence-corrected chi connectivity index (χ2v) is 5.31. The second-order valence-electron chi connectivity index (χ2n) is 4.43. The third-order valence-electron chi connectivity index (χ3n) is 3.08. The highest BCUT2D eigenvalue weighted by atomic mass is 32.1. The number of hydrogen-bond donors (Lipinski definition) is 3. The molecule has 0 saturated heterocycles. The van der Waals surface area contributed by atoms with E-state index in [2.05, 4.69) is 4.98 Å². The van der Waals surface area contributed by atoms with Crippen molar-refractivity contribution in [3.63, 3.8) is 0 Å². The molecule has 0 bridgehead atoms. The maximum Gasteiger partial charge on any atom is 0.354 e. The van der Waals surface area contributed by atoms with E-state index in [1.165, 1.54) is 12.3 Å². The number of aromatic carboxylic acids is 1. The van der Waals surface area contributed by atoms with Crippen molar-refractivity contribution in [1.82, 2.24) is 4.98 Å². The first kappa shape index (κ1) is 15.5. The predicted molar refractivity (Wildman–Crippen MR) is 81.3 cm³/mol. The van der Waals surface area contributed by atoms with E-state index in [9.17, 15) is 4.79 Å². The van der Waals surface area contributed by atoms with Gasteiger partial charge in [-0.3, -0.25) is 0 Å². The maximum absolute atomic E-state index is 10.8. The van der Waals surface area contributed by atoms with Crippen LogP contribution in [0.2, 0.25) is 0 Å². The molecule has 0 amide bonds. The minimum Gasteiger partial charge on any atom is -0.477 e. The van der Waals surface area contributed by atoms with Crippen molar-refractivity contribution in [2.45, 2.75) is 19.3 Å². The van der Waals surface area contributed by atoms with E-state index in [4.69, 9.17) is 41.0 Å². The van der Waals surface area contributed by atoms with Crippen molar-refractivity contribution in [1.29, 1.82) is 0 Å². The number of carboxylic acids is 1. The molecule has 0 aromatic carbocycles. The first-order valence-corrected chi connectivity index (χ1v) is 6.35. The van der Waals surface area contributed by atoms with Crippen LogP contribution < -0.4 is 11.5 Å². The van der Waals surface area contributed by atoms with Crippen LogP contribution in [0.3, 0.4) is 0 Å². The zero-order chi connectivity index (χ0) is 14.8. The minimum absolute atomic E-state index is 0.0627. The summed E-state index contributed by atoms with van der Waals surface area (Å²) in [6.07, 6.45) is 1.40. The average Bonchev–Trinajstić information content (AvgIpc) is 2.28. The summed E-state index contributed by atoms with van der Waals surface area (Å²) in [6.45, 7) is 3.78. The van der Waals surface area contributed by atoms with Crippen LogP contribution in [0.4, 0.5) is 0 Å². The second kappa shape index (κ2) is 5.58. The molecule has 19 heavy (non-hydrogen) atoms. The highest BCUT2D eigenvalue weighted by molar-refractivity contribution is 7.82. The first-order chi connectivity index (χ1) is 8.74. The SMILES string of the molecule is CC(C)C(C(N)=S)(C(N)=S)c1ccc(C(=O)O)nc1. The molecule has 0 aliphatic carbocycles. The van der Waals surface area contributed by atoms with Crippen molar-refractivity contribution in [3.8, 4) is 0 Å². The zero-order valence-corrected chi connectivity index (χ0v) is 12.2. The van der Waals surface area contributed by atoms with Crippen molar-refractivity contribution < 1.29 is 9.90 Å². The molecule has 0 unspecified atom stereocenters. The molecule has 1 rings (SSSR count). The Morgan fingerprint density at radius 3 is 2.11 bits per heavy atom. The number of rotatable bonds is 5. The van der Waals surface area contributed by atoms with Crippen LogP contribution in [0.15, 0.2) is 18.3 Å². The van der Waals surface area contributed by atoms with Crippen molar-refractivity contribution >= 4 is 40.4 Å². The fourth-order valence-corrected chi connectivity index (χ4v) is 3.05. The van der Waals surface area contributed by atoms with Gasteiger partial charge >= 0.3 is 5.97 Å². The van der Waals surface area contributed by atoms with Crippen LogP contribution >= 0.6 is 24.4 Å². The molecule has 0 aliphatic rings. The highest BCUT2D eigenvalue weighted by Crippen LogP contribution is 2.33. The topological polar surface area (TPSA) is 102 Å². The van der Waals surface area contributed by atoms with Gasteiger partial charge in [0.25, 0.3) is 0 Å². The molecular weight excluding hydrogens is 282 g/mol. The van der Waals surface area contributed by atoms with E-state index < -0.39 is 11.4 Å². The van der Waals surface area contributed by atoms with E-state index in [0.717, 1.165) is 0 Å². The maximum atomic E-state index is 10.8. The Morgan fingerprint density at radius 2 is 1.84 bits per heavy atom. The normalized spacial score (nSPS) is 11.3. The fraction of sp³-hybridized carbons (Fsp3) is 0.333. The summed E-state index contributed by atoms with van der Waals surface area (Å²) in [5.74, 6) is -1.17. The Labute approximate surface area is 122 Å². The number of nitrogens with two attached hydrogens (primary N) is 2. The van der Waals surface area contributed by atoms with Gasteiger partial charge in [0.05, 0.1) is 15.4 Å². The summed E-state index contributed by atoms with van der Waals surface area (Å²) in [6, 6.07) is 2.97. The Bertz CT molecular complexity index is 512. The average molecular weight is 297 g/mol. The summed E-state index contributed by atoms with van der Waals surface area (Å²) in [5, 5.41) is 8.84. The number of pyridine rings is 1. The van der Waals surface area contributed by atoms with Gasteiger partial charge in [0.15, 0.2) is 0 Å². The molecular formula is C12H15N3O2S2. The molecule has 0 saturated carbocycles. The van der Waals surface area contributed by atoms with E-state index in [1.54, 1.807) is 6.07 Å². The van der Waals surface area contributed by atoms with Gasteiger partial charge in [0, 0.05) is 6.20 Å². The van der Waals surface area contributed by atoms with E-state index in [0.29, 0.717) is 5.56 Å². The Balaban J connectivity index is 3.45. The van der Waals surface area contributed by atoms with Gasteiger partial charge in [-0.2, -0.15) is 0 Å². The number of nitrogens with zero attached hydrogens (tertiary/aromatic N) is 1. The lowest BCUT2D eigenvalue weighted by molar-refractivity contribution is 0.0690. The summed E-state index contributed by atoms with van der Waals surface area (Å²) in [7, 11) is 0. The molecule has 1 aromatic heterocycles. The predicted octanol–water partition coefficient (Wildman–Crippen LogP) is 1.25. The van der Waals surface area contributed by atoms with Gasteiger partial charge in [-0.05, 0) is 17.5 Å². The number of aromatic nitrogens is 1. The van der Waals surface area contributed by atoms with Gasteiger partial charge in [-0.25, -0.2) is 9.78 Å². The smallest absolute Gasteiger partial charge is 0.354 e. The number of carbonyl (C=O) groups is 1. The molecule has 0 radical (unpaired) electrons. The fourth-order valence-electron chi connectivity index (χ4n) is 2.06. The van der Waals surface area contributed by atoms with Gasteiger partial charge in [-0.15, -0.1) is 0 Å². The molecule has 5 N–H and O–H groups in total. The lowest BCUT2D eigenvalue weighted by Crippen LogP contribution is -2.53. The van der Waals surface area contributed by atoms with Crippen LogP contribution in [-0.4, -0.2) is 26.0 Å². The standard InChI is InChI=1S/C12H15N3O2S2/c1-6(2)12(10(13)18,11(14)19)7-3-4-8(9(16)17)15-5-7/h3-6H,1-2H3,(H2,13,18)(H2,14,19)(H,16,17). The largest absolute Gasteiger partial charge is 0.477 e. The third-order valence-corrected chi connectivity index (χ3v) is 3.73. The monoisotopic (exact) mass is 297 g/mol. The van der Waals surface area contributed by atoms with Crippen LogP contribution in [0.1, 0.15) is 29.9 Å². The Hall–Kier alpha value is -1.60. The van der Waals surface area contributed by atoms with Crippen LogP contribution in [-0.2, 0) is 5.41 Å². The van der Waals surface area contributed by atoms with Gasteiger partial charge in [0.2, 0.25) is 0 Å². The van der Waals surface area contributed by atoms with Crippen molar-refractivity contribution in [2.24, 2.45) is 17.4 Å². The van der Waals surface area contributed by atoms with Gasteiger partial charge < -0.3 is 16.6 Å². The molecule has 5 nitrogen and oxygen atoms in total. The van der Waals surface area contributed by atoms with Crippen LogP contribution in [0.5, 0.6) is 0 Å². The van der Waals surface area contributed by atoms with Crippen molar-refractivity contribution in [3.05, 3.63) is 29.6 Å². The van der Waals surface area contributed by atoms with Crippen LogP contribution in [0, 0.1) is 5.92 Å². The van der Waals surface area contributed by atoms with Crippen molar-refractivity contribution in [2.75, 3.05) is 0 Å². The zero-order valence-electron chi connectivity index (χ0n) is 10.6. The quantitative estimate of drug-likeness (QED) is 0.703. The molecule has 0 fully saturated rings. The minimum atomic E-state index is -1.10. The molecule has 1 aromatic rings. The van der Waals surface area contributed by atoms with E-state index in [1.807, 2.05) is 13.8 Å². The molecule has 0 atom stereocenters. The molecule has 102 valence electrons. The lowest BCUT2D eigenvalue weighted by atomic mass is 9.72. The number of hydrogen-bond acceptors (Lipinski definition) is 4. The van der Waals surface area contributed by atoms with E-state index >= 15 is 0 Å². The Morgan fingerprint density at radius 1 is 1.32 bits per heavy atom. The van der Waals surface area contributed by atoms with Gasteiger partial charge in [0.1, 0.15) is 5.69 Å². The van der Waals surface area contributed by atoms with Gasteiger partial charge in [-0.1, -0.05) is 44.3 Å².